The van der Waals surface area contributed by atoms with Gasteiger partial charge in [0.25, 0.3) is 0 Å². The maximum Gasteiger partial charge on any atom is 0.323 e. The molecule has 1 heterocycles. The molecule has 4 heteroatoms. The van der Waals surface area contributed by atoms with Crippen molar-refractivity contribution >= 4 is 44.9 Å². The van der Waals surface area contributed by atoms with Gasteiger partial charge in [-0.05, 0) is 76.6 Å². The first-order valence-electron chi connectivity index (χ1n) is 12.9. The molecule has 6 rings (SSSR count). The Hall–Kier alpha value is -3.48. The lowest BCUT2D eigenvalue weighted by Crippen LogP contribution is -2.57. The Balaban J connectivity index is 1.50. The van der Waals surface area contributed by atoms with Crippen molar-refractivity contribution in [1.82, 2.24) is 5.32 Å². The van der Waals surface area contributed by atoms with E-state index in [0.717, 1.165) is 59.7 Å². The largest absolute Gasteiger partial charge is 0.323 e. The highest BCUT2D eigenvalue weighted by Crippen LogP contribution is 2.51. The number of carbonyl (C=O) groups excluding carboxylic acids is 1. The quantitative estimate of drug-likeness (QED) is 0.170. The van der Waals surface area contributed by atoms with Gasteiger partial charge in [-0.2, -0.15) is 0 Å². The molecular formula is C32H29ClN2O. The van der Waals surface area contributed by atoms with Crippen LogP contribution in [0.4, 0.5) is 10.5 Å². The zero-order valence-corrected chi connectivity index (χ0v) is 21.2. The van der Waals surface area contributed by atoms with Crippen molar-refractivity contribution in [3.63, 3.8) is 0 Å². The van der Waals surface area contributed by atoms with Crippen LogP contribution in [0.2, 0.25) is 5.02 Å². The number of fused-ring (bicyclic) bond motifs is 3. The summed E-state index contributed by atoms with van der Waals surface area (Å²) in [5.74, 6) is 7.22. The number of urea groups is 1. The van der Waals surface area contributed by atoms with Crippen LogP contribution in [0.3, 0.4) is 0 Å². The number of nitrogens with zero attached hydrogens (tertiary/aromatic N) is 1. The van der Waals surface area contributed by atoms with Crippen molar-refractivity contribution < 1.29 is 4.79 Å². The van der Waals surface area contributed by atoms with Crippen molar-refractivity contribution in [3.05, 3.63) is 88.9 Å². The highest BCUT2D eigenvalue weighted by molar-refractivity contribution is 6.30. The number of carbonyl (C=O) groups is 1. The van der Waals surface area contributed by atoms with E-state index in [2.05, 4.69) is 78.7 Å². The molecule has 3 nitrogen and oxygen atoms in total. The van der Waals surface area contributed by atoms with Gasteiger partial charge in [-0.3, -0.25) is 4.90 Å². The molecule has 2 amide bonds. The van der Waals surface area contributed by atoms with Crippen LogP contribution in [0.15, 0.2) is 72.8 Å². The molecule has 1 saturated carbocycles. The second kappa shape index (κ2) is 9.19. The summed E-state index contributed by atoms with van der Waals surface area (Å²) in [6.45, 7) is 2.64. The van der Waals surface area contributed by atoms with Gasteiger partial charge in [-0.25, -0.2) is 4.79 Å². The molecule has 180 valence electrons. The van der Waals surface area contributed by atoms with Gasteiger partial charge < -0.3 is 5.32 Å². The number of rotatable bonds is 5. The van der Waals surface area contributed by atoms with E-state index in [-0.39, 0.29) is 6.03 Å². The van der Waals surface area contributed by atoms with E-state index >= 15 is 0 Å². The second-order valence-electron chi connectivity index (χ2n) is 9.96. The molecule has 1 aliphatic carbocycles. The van der Waals surface area contributed by atoms with Crippen molar-refractivity contribution in [2.45, 2.75) is 51.1 Å². The maximum absolute atomic E-state index is 13.9. The Morgan fingerprint density at radius 1 is 1.00 bits per heavy atom. The van der Waals surface area contributed by atoms with Crippen LogP contribution >= 0.6 is 11.6 Å². The summed E-state index contributed by atoms with van der Waals surface area (Å²) in [7, 11) is 0. The van der Waals surface area contributed by atoms with Crippen LogP contribution < -0.4 is 10.2 Å². The molecule has 36 heavy (non-hydrogen) atoms. The molecular weight excluding hydrogens is 464 g/mol. The minimum Gasteiger partial charge on any atom is -0.317 e. The average molecular weight is 493 g/mol. The molecule has 1 N–H and O–H groups in total. The summed E-state index contributed by atoms with van der Waals surface area (Å²) in [4.78, 5) is 15.7. The molecule has 0 saturated heterocycles. The van der Waals surface area contributed by atoms with Crippen LogP contribution in [0.1, 0.15) is 50.2 Å². The van der Waals surface area contributed by atoms with Gasteiger partial charge in [0.05, 0.1) is 12.2 Å². The molecule has 1 fully saturated rings. The molecule has 2 aliphatic rings. The van der Waals surface area contributed by atoms with Crippen molar-refractivity contribution in [3.8, 4) is 11.8 Å². The standard InChI is InChI=1S/C32H29ClN2O/c1-2-3-4-9-18-32(24-14-15-24)29-20-25(33)16-17-30(29)35(31(36)34-32)21-28-26-12-7-5-10-22(26)19-23-11-6-8-13-27(23)28/h5-8,10-13,16-17,19-20,24H,2-4,14-15,21H2,1H3,(H,34,36)/t32-/m1/s1. The van der Waals surface area contributed by atoms with Crippen molar-refractivity contribution in [2.24, 2.45) is 5.92 Å². The average Bonchev–Trinajstić information content (AvgIpc) is 3.74. The fourth-order valence-electron chi connectivity index (χ4n) is 5.57. The Morgan fingerprint density at radius 3 is 2.36 bits per heavy atom. The number of anilines is 1. The molecule has 0 unspecified atom stereocenters. The Labute approximate surface area is 217 Å². The lowest BCUT2D eigenvalue weighted by Gasteiger charge is -2.42. The zero-order chi connectivity index (χ0) is 24.7. The number of unbranched alkanes of at least 4 members (excludes halogenated alkanes) is 2. The summed E-state index contributed by atoms with van der Waals surface area (Å²) in [6.07, 6.45) is 5.12. The number of hydrogen-bond donors (Lipinski definition) is 1. The van der Waals surface area contributed by atoms with Gasteiger partial charge in [-0.15, -0.1) is 5.92 Å². The van der Waals surface area contributed by atoms with Gasteiger partial charge in [0.15, 0.2) is 0 Å². The Kier molecular flexibility index (Phi) is 5.86. The van der Waals surface area contributed by atoms with Gasteiger partial charge in [0.2, 0.25) is 0 Å². The molecule has 4 aromatic rings. The highest BCUT2D eigenvalue weighted by Gasteiger charge is 2.51. The van der Waals surface area contributed by atoms with Crippen LogP contribution in [0.5, 0.6) is 0 Å². The summed E-state index contributed by atoms with van der Waals surface area (Å²) < 4.78 is 0. The fourth-order valence-corrected chi connectivity index (χ4v) is 5.74. The third-order valence-electron chi connectivity index (χ3n) is 7.55. The summed E-state index contributed by atoms with van der Waals surface area (Å²) >= 11 is 6.53. The van der Waals surface area contributed by atoms with Crippen LogP contribution in [-0.4, -0.2) is 6.03 Å². The van der Waals surface area contributed by atoms with Crippen LogP contribution in [0, 0.1) is 17.8 Å². The van der Waals surface area contributed by atoms with E-state index in [1.54, 1.807) is 0 Å². The highest BCUT2D eigenvalue weighted by atomic mass is 35.5. The summed E-state index contributed by atoms with van der Waals surface area (Å²) in [5, 5.41) is 8.72. The molecule has 0 bridgehead atoms. The Morgan fingerprint density at radius 2 is 1.69 bits per heavy atom. The van der Waals surface area contributed by atoms with E-state index in [1.165, 1.54) is 10.8 Å². The molecule has 0 spiro atoms. The molecule has 4 aromatic carbocycles. The van der Waals surface area contributed by atoms with Crippen LogP contribution in [-0.2, 0) is 12.1 Å². The third-order valence-corrected chi connectivity index (χ3v) is 7.79. The smallest absolute Gasteiger partial charge is 0.317 e. The topological polar surface area (TPSA) is 32.3 Å². The fraction of sp³-hybridized carbons (Fsp3) is 0.281. The Bertz CT molecular complexity index is 1490. The number of benzene rings is 4. The molecule has 0 aromatic heterocycles. The van der Waals surface area contributed by atoms with Gasteiger partial charge in [0, 0.05) is 17.0 Å². The predicted molar refractivity (Wildman–Crippen MR) is 149 cm³/mol. The van der Waals surface area contributed by atoms with E-state index in [9.17, 15) is 4.79 Å². The lowest BCUT2D eigenvalue weighted by atomic mass is 9.82. The van der Waals surface area contributed by atoms with Gasteiger partial charge in [-0.1, -0.05) is 79.4 Å². The minimum absolute atomic E-state index is 0.0986. The first-order valence-corrected chi connectivity index (χ1v) is 13.3. The number of nitrogens with one attached hydrogen (secondary N) is 1. The number of hydrogen-bond acceptors (Lipinski definition) is 1. The lowest BCUT2D eigenvalue weighted by molar-refractivity contribution is 0.231. The maximum atomic E-state index is 13.9. The molecule has 0 radical (unpaired) electrons. The van der Waals surface area contributed by atoms with Crippen molar-refractivity contribution in [2.75, 3.05) is 4.90 Å². The summed E-state index contributed by atoms with van der Waals surface area (Å²) in [5.41, 5.74) is 2.39. The molecule has 1 atom stereocenters. The van der Waals surface area contributed by atoms with Gasteiger partial charge >= 0.3 is 6.03 Å². The number of halogens is 1. The van der Waals surface area contributed by atoms with E-state index in [0.29, 0.717) is 17.5 Å². The second-order valence-corrected chi connectivity index (χ2v) is 10.4. The number of amides is 2. The first kappa shape index (κ1) is 23.0. The van der Waals surface area contributed by atoms with Gasteiger partial charge in [0.1, 0.15) is 5.54 Å². The third kappa shape index (κ3) is 3.91. The van der Waals surface area contributed by atoms with E-state index in [1.807, 2.05) is 23.1 Å². The zero-order valence-electron chi connectivity index (χ0n) is 20.5. The van der Waals surface area contributed by atoms with E-state index in [4.69, 9.17) is 11.6 Å². The minimum atomic E-state index is -0.678. The SMILES string of the molecule is CCCCC#C[C@]1(C2CC2)NC(=O)N(Cc2c3ccccc3cc3ccccc23)c2ccc(Cl)cc21. The predicted octanol–water partition coefficient (Wildman–Crippen LogP) is 8.18. The van der Waals surface area contributed by atoms with Crippen molar-refractivity contribution in [1.29, 1.82) is 0 Å². The monoisotopic (exact) mass is 492 g/mol. The summed E-state index contributed by atoms with van der Waals surface area (Å²) in [6, 6.07) is 24.8. The van der Waals surface area contributed by atoms with Crippen LogP contribution in [0.25, 0.3) is 21.5 Å². The molecule has 1 aliphatic heterocycles. The normalized spacial score (nSPS) is 19.1. The van der Waals surface area contributed by atoms with E-state index < -0.39 is 5.54 Å². The first-order chi connectivity index (χ1) is 17.6.